The predicted octanol–water partition coefficient (Wildman–Crippen LogP) is 11.1. The molecule has 0 amide bonds. The van der Waals surface area contributed by atoms with Gasteiger partial charge in [-0.15, -0.1) is 22.7 Å². The number of hydrogen-bond donors (Lipinski definition) is 0. The number of nitrogens with zero attached hydrogens (tertiary/aromatic N) is 1. The van der Waals surface area contributed by atoms with E-state index in [2.05, 4.69) is 97.3 Å². The van der Waals surface area contributed by atoms with E-state index < -0.39 is 0 Å². The van der Waals surface area contributed by atoms with Gasteiger partial charge in [-0.25, -0.2) is 0 Å². The first kappa shape index (κ1) is 26.1. The zero-order valence-corrected chi connectivity index (χ0v) is 27.0. The van der Waals surface area contributed by atoms with E-state index in [9.17, 15) is 9.59 Å². The summed E-state index contributed by atoms with van der Waals surface area (Å²) in [6.45, 7) is 6.28. The number of rotatable bonds is 2. The molecular formula is C41H25NO2S2. The summed E-state index contributed by atoms with van der Waals surface area (Å²) in [5.41, 5.74) is 9.67. The number of aryl methyl sites for hydroxylation is 3. The summed E-state index contributed by atoms with van der Waals surface area (Å²) in [7, 11) is 0. The van der Waals surface area contributed by atoms with Gasteiger partial charge in [-0.3, -0.25) is 14.0 Å². The average molecular weight is 628 g/mol. The number of thiophene rings is 2. The van der Waals surface area contributed by atoms with Gasteiger partial charge in [0.15, 0.2) is 11.6 Å². The maximum Gasteiger partial charge on any atom is 0.198 e. The fourth-order valence-electron chi connectivity index (χ4n) is 8.13. The molecule has 46 heavy (non-hydrogen) atoms. The van der Waals surface area contributed by atoms with Crippen LogP contribution in [0.3, 0.4) is 0 Å². The number of allylic oxidation sites excluding steroid dienone is 1. The lowest BCUT2D eigenvalue weighted by Crippen LogP contribution is -2.08. The lowest BCUT2D eigenvalue weighted by atomic mass is 9.86. The molecule has 0 saturated heterocycles. The van der Waals surface area contributed by atoms with E-state index in [1.165, 1.54) is 52.9 Å². The second-order valence-corrected chi connectivity index (χ2v) is 14.4. The highest BCUT2D eigenvalue weighted by Crippen LogP contribution is 2.51. The number of benzene rings is 5. The fourth-order valence-corrected chi connectivity index (χ4v) is 10.8. The van der Waals surface area contributed by atoms with Crippen molar-refractivity contribution in [3.05, 3.63) is 141 Å². The number of hydrogen-bond acceptors (Lipinski definition) is 4. The van der Waals surface area contributed by atoms with E-state index in [0.29, 0.717) is 11.1 Å². The average Bonchev–Trinajstić information content (AvgIpc) is 3.78. The number of pyridine rings is 1. The fraction of sp³-hybridized carbons (Fsp3) is 0.0732. The van der Waals surface area contributed by atoms with Crippen molar-refractivity contribution in [2.24, 2.45) is 0 Å². The molecule has 1 aliphatic rings. The molecule has 5 aromatic carbocycles. The predicted molar refractivity (Wildman–Crippen MR) is 194 cm³/mol. The summed E-state index contributed by atoms with van der Waals surface area (Å²) < 4.78 is 4.76. The molecule has 0 atom stereocenters. The molecule has 5 heteroatoms. The van der Waals surface area contributed by atoms with Gasteiger partial charge in [0.1, 0.15) is 4.83 Å². The summed E-state index contributed by atoms with van der Waals surface area (Å²) in [6, 6.07) is 31.3. The molecule has 4 heterocycles. The SMILES string of the molecule is Cc1cc(C)c(C(=C2C(=O)c3ccccc3C2=O)c2csc3c2sc2c3c3cccc4ccc5c6ccccc6n2c5c43)c(C)c1. The van der Waals surface area contributed by atoms with Gasteiger partial charge >= 0.3 is 0 Å². The number of Topliss-reactive ketones (excluding diaryl/α,β-unsaturated/α-hetero) is 2. The van der Waals surface area contributed by atoms with Crippen molar-refractivity contribution in [3.63, 3.8) is 0 Å². The Labute approximate surface area is 272 Å². The van der Waals surface area contributed by atoms with Gasteiger partial charge in [-0.1, -0.05) is 90.5 Å². The summed E-state index contributed by atoms with van der Waals surface area (Å²) >= 11 is 3.49. The molecule has 0 saturated carbocycles. The molecule has 4 aromatic heterocycles. The molecule has 0 aliphatic heterocycles. The minimum atomic E-state index is -0.189. The lowest BCUT2D eigenvalue weighted by molar-refractivity contribution is 0.0990. The minimum absolute atomic E-state index is 0.189. The van der Waals surface area contributed by atoms with Gasteiger partial charge in [0, 0.05) is 49.2 Å². The van der Waals surface area contributed by atoms with Crippen molar-refractivity contribution in [1.82, 2.24) is 4.40 Å². The summed E-state index contributed by atoms with van der Waals surface area (Å²) in [6.07, 6.45) is 0. The highest BCUT2D eigenvalue weighted by Gasteiger charge is 2.37. The van der Waals surface area contributed by atoms with Crippen LogP contribution in [0.15, 0.2) is 102 Å². The van der Waals surface area contributed by atoms with Gasteiger partial charge < -0.3 is 0 Å². The maximum absolute atomic E-state index is 14.2. The number of para-hydroxylation sites is 1. The van der Waals surface area contributed by atoms with Crippen molar-refractivity contribution in [3.8, 4) is 0 Å². The normalized spacial score (nSPS) is 13.6. The number of carbonyl (C=O) groups is 2. The molecule has 218 valence electrons. The van der Waals surface area contributed by atoms with Crippen molar-refractivity contribution < 1.29 is 9.59 Å². The zero-order valence-electron chi connectivity index (χ0n) is 25.3. The van der Waals surface area contributed by atoms with E-state index in [1.807, 2.05) is 12.1 Å². The Kier molecular flexibility index (Phi) is 5.12. The van der Waals surface area contributed by atoms with Crippen LogP contribution in [-0.2, 0) is 0 Å². The van der Waals surface area contributed by atoms with Crippen molar-refractivity contribution in [2.45, 2.75) is 20.8 Å². The second-order valence-electron chi connectivity index (χ2n) is 12.5. The van der Waals surface area contributed by atoms with Crippen LogP contribution in [0.25, 0.3) is 63.2 Å². The van der Waals surface area contributed by atoms with Crippen molar-refractivity contribution in [2.75, 3.05) is 0 Å². The molecule has 0 fully saturated rings. The Morgan fingerprint density at radius 2 is 1.37 bits per heavy atom. The summed E-state index contributed by atoms with van der Waals surface area (Å²) in [4.78, 5) is 29.5. The molecule has 0 bridgehead atoms. The topological polar surface area (TPSA) is 38.5 Å². The van der Waals surface area contributed by atoms with Gasteiger partial charge in [0.25, 0.3) is 0 Å². The molecule has 1 aliphatic carbocycles. The van der Waals surface area contributed by atoms with E-state index in [-0.39, 0.29) is 17.1 Å². The Morgan fingerprint density at radius 3 is 2.13 bits per heavy atom. The number of carbonyl (C=O) groups excluding carboxylic acids is 2. The third kappa shape index (κ3) is 3.16. The number of ketones is 2. The van der Waals surface area contributed by atoms with Crippen LogP contribution < -0.4 is 0 Å². The first-order valence-corrected chi connectivity index (χ1v) is 17.1. The molecule has 10 rings (SSSR count). The molecule has 0 unspecified atom stereocenters. The highest BCUT2D eigenvalue weighted by molar-refractivity contribution is 7.32. The Hall–Kier alpha value is -5.10. The van der Waals surface area contributed by atoms with Gasteiger partial charge in [-0.05, 0) is 54.3 Å². The van der Waals surface area contributed by atoms with Gasteiger partial charge in [0.2, 0.25) is 0 Å². The van der Waals surface area contributed by atoms with Gasteiger partial charge in [0.05, 0.1) is 26.0 Å². The number of fused-ring (bicyclic) bond motifs is 9. The monoisotopic (exact) mass is 627 g/mol. The van der Waals surface area contributed by atoms with Crippen LogP contribution in [0.2, 0.25) is 0 Å². The van der Waals surface area contributed by atoms with Crippen LogP contribution in [-0.4, -0.2) is 16.0 Å². The van der Waals surface area contributed by atoms with Gasteiger partial charge in [-0.2, -0.15) is 0 Å². The van der Waals surface area contributed by atoms with E-state index in [0.717, 1.165) is 38.1 Å². The number of aromatic nitrogens is 1. The first-order valence-electron chi connectivity index (χ1n) is 15.4. The lowest BCUT2D eigenvalue weighted by Gasteiger charge is -2.17. The van der Waals surface area contributed by atoms with E-state index in [1.54, 1.807) is 34.8 Å². The zero-order chi connectivity index (χ0) is 31.0. The van der Waals surface area contributed by atoms with Crippen LogP contribution in [0.1, 0.15) is 48.5 Å². The molecule has 0 N–H and O–H groups in total. The first-order chi connectivity index (χ1) is 22.4. The van der Waals surface area contributed by atoms with Crippen LogP contribution in [0.4, 0.5) is 0 Å². The Bertz CT molecular complexity index is 2810. The maximum atomic E-state index is 14.2. The van der Waals surface area contributed by atoms with E-state index >= 15 is 0 Å². The van der Waals surface area contributed by atoms with E-state index in [4.69, 9.17) is 0 Å². The minimum Gasteiger partial charge on any atom is -0.299 e. The largest absolute Gasteiger partial charge is 0.299 e. The Morgan fingerprint density at radius 1 is 0.674 bits per heavy atom. The molecule has 0 spiro atoms. The smallest absolute Gasteiger partial charge is 0.198 e. The van der Waals surface area contributed by atoms with Crippen LogP contribution in [0, 0.1) is 20.8 Å². The highest BCUT2D eigenvalue weighted by atomic mass is 32.1. The molecular weight excluding hydrogens is 603 g/mol. The molecule has 3 nitrogen and oxygen atoms in total. The van der Waals surface area contributed by atoms with Crippen molar-refractivity contribution in [1.29, 1.82) is 0 Å². The quantitative estimate of drug-likeness (QED) is 0.141. The summed E-state index contributed by atoms with van der Waals surface area (Å²) in [5.74, 6) is -0.378. The standard InChI is InChI=1S/C41H25NO2S2/c1-20-17-21(2)31(22(3)18-20)33(35-37(43)26-11-4-5-12-27(26)38(35)44)29-19-45-40-34-28-13-8-9-23-15-16-25-24-10-6-7-14-30(24)42(36(25)32(23)28)41(34)46-39(29)40/h4-19H,1-3H3. The van der Waals surface area contributed by atoms with Crippen LogP contribution >= 0.6 is 22.7 Å². The van der Waals surface area contributed by atoms with Crippen LogP contribution in [0.5, 0.6) is 0 Å². The summed E-state index contributed by atoms with van der Waals surface area (Å²) in [5, 5.41) is 9.65. The van der Waals surface area contributed by atoms with Crippen molar-refractivity contribution >= 4 is 97.4 Å². The third-order valence-corrected chi connectivity index (χ3v) is 12.2. The third-order valence-electron chi connectivity index (χ3n) is 9.85. The molecule has 9 aromatic rings. The Balaban J connectivity index is 1.40. The second kappa shape index (κ2) is 9.00. The molecule has 0 radical (unpaired) electrons.